The number of carbonyl (C=O) groups excluding carboxylic acids is 1. The lowest BCUT2D eigenvalue weighted by atomic mass is 9.65. The highest BCUT2D eigenvalue weighted by atomic mass is 16.7. The Balaban J connectivity index is 1.49. The van der Waals surface area contributed by atoms with Crippen LogP contribution in [-0.4, -0.2) is 25.6 Å². The summed E-state index contributed by atoms with van der Waals surface area (Å²) in [6.07, 6.45) is 6.96. The first kappa shape index (κ1) is 21.9. The topological polar surface area (TPSA) is 44.8 Å². The third-order valence-electron chi connectivity index (χ3n) is 8.84. The zero-order valence-corrected chi connectivity index (χ0v) is 20.1. The van der Waals surface area contributed by atoms with Crippen LogP contribution in [0.2, 0.25) is 0 Å². The summed E-state index contributed by atoms with van der Waals surface area (Å²) in [7, 11) is 1.67. The summed E-state index contributed by atoms with van der Waals surface area (Å²) in [6.45, 7) is 9.83. The lowest BCUT2D eigenvalue weighted by molar-refractivity contribution is -0.197. The van der Waals surface area contributed by atoms with Gasteiger partial charge in [0, 0.05) is 17.6 Å². The highest BCUT2D eigenvalue weighted by molar-refractivity contribution is 6.00. The van der Waals surface area contributed by atoms with Gasteiger partial charge in [-0.2, -0.15) is 0 Å². The van der Waals surface area contributed by atoms with E-state index >= 15 is 0 Å². The molecule has 0 bridgehead atoms. The van der Waals surface area contributed by atoms with Gasteiger partial charge < -0.3 is 14.2 Å². The number of methoxy groups -OCH3 is 1. The van der Waals surface area contributed by atoms with Gasteiger partial charge in [0.2, 0.25) is 0 Å². The molecule has 2 fully saturated rings. The van der Waals surface area contributed by atoms with Crippen molar-refractivity contribution in [2.45, 2.75) is 72.2 Å². The zero-order chi connectivity index (χ0) is 22.7. The van der Waals surface area contributed by atoms with Gasteiger partial charge in [-0.1, -0.05) is 45.9 Å². The first-order valence-electron chi connectivity index (χ1n) is 12.1. The monoisotopic (exact) mass is 436 g/mol. The minimum absolute atomic E-state index is 0.0172. The fourth-order valence-electron chi connectivity index (χ4n) is 6.73. The molecule has 1 aromatic rings. The molecule has 1 aromatic carbocycles. The number of Topliss-reactive ketones (excluding diaryl/α,β-unsaturated/α-hetero) is 1. The van der Waals surface area contributed by atoms with E-state index in [4.69, 9.17) is 14.2 Å². The summed E-state index contributed by atoms with van der Waals surface area (Å²) in [5.41, 5.74) is 4.71. The summed E-state index contributed by atoms with van der Waals surface area (Å²) in [6, 6.07) is 7.91. The van der Waals surface area contributed by atoms with Crippen LogP contribution < -0.4 is 4.74 Å². The molecule has 4 nitrogen and oxygen atoms in total. The van der Waals surface area contributed by atoms with E-state index in [9.17, 15) is 4.79 Å². The first-order chi connectivity index (χ1) is 15.2. The standard InChI is InChI=1S/C28H36O4/c1-17(2)21-15-24(29)23-14-22-20-16-31-26(18-6-8-19(30-5)9-7-18)32-25(20)10-11-27(22,3)12-13-28(21,23)4/h6-9,14,17,21,25-26H,10-13,15-16H2,1-5H3/t21-,25+,26-,27+,28-/m1/s1. The quantitative estimate of drug-likeness (QED) is 0.568. The third kappa shape index (κ3) is 3.38. The van der Waals surface area contributed by atoms with Crippen molar-refractivity contribution in [2.75, 3.05) is 13.7 Å². The molecule has 172 valence electrons. The van der Waals surface area contributed by atoms with Crippen molar-refractivity contribution in [3.8, 4) is 5.75 Å². The molecule has 1 heterocycles. The van der Waals surface area contributed by atoms with E-state index in [0.29, 0.717) is 30.6 Å². The summed E-state index contributed by atoms with van der Waals surface area (Å²) in [4.78, 5) is 13.1. The van der Waals surface area contributed by atoms with E-state index in [2.05, 4.69) is 33.8 Å². The van der Waals surface area contributed by atoms with Crippen LogP contribution in [0, 0.1) is 22.7 Å². The second-order valence-corrected chi connectivity index (χ2v) is 11.0. The average molecular weight is 437 g/mol. The summed E-state index contributed by atoms with van der Waals surface area (Å²) < 4.78 is 18.0. The SMILES string of the molecule is COc1ccc([C@@H]2OCC3=C4C=C5C(=O)C[C@H](C(C)C)[C@@]5(C)CC[C@]4(C)CC[C@@H]3O2)cc1. The molecule has 0 N–H and O–H groups in total. The van der Waals surface area contributed by atoms with Crippen molar-refractivity contribution in [1.82, 2.24) is 0 Å². The van der Waals surface area contributed by atoms with Crippen LogP contribution in [0.25, 0.3) is 0 Å². The van der Waals surface area contributed by atoms with Gasteiger partial charge in [0.15, 0.2) is 12.1 Å². The number of benzene rings is 1. The van der Waals surface area contributed by atoms with Crippen LogP contribution in [-0.2, 0) is 14.3 Å². The van der Waals surface area contributed by atoms with Crippen molar-refractivity contribution < 1.29 is 19.0 Å². The molecular weight excluding hydrogens is 400 g/mol. The Kier molecular flexibility index (Phi) is 5.37. The average Bonchev–Trinajstić information content (AvgIpc) is 2.96. The lowest BCUT2D eigenvalue weighted by Crippen LogP contribution is -2.38. The van der Waals surface area contributed by atoms with Crippen LogP contribution >= 0.6 is 0 Å². The molecule has 4 aliphatic rings. The number of hydrogen-bond acceptors (Lipinski definition) is 4. The highest BCUT2D eigenvalue weighted by Gasteiger charge is 2.52. The second-order valence-electron chi connectivity index (χ2n) is 11.0. The Morgan fingerprint density at radius 3 is 2.53 bits per heavy atom. The van der Waals surface area contributed by atoms with Crippen LogP contribution in [0.4, 0.5) is 0 Å². The first-order valence-corrected chi connectivity index (χ1v) is 12.1. The molecule has 1 aliphatic heterocycles. The molecule has 0 radical (unpaired) electrons. The lowest BCUT2D eigenvalue weighted by Gasteiger charge is -2.44. The fourth-order valence-corrected chi connectivity index (χ4v) is 6.73. The van der Waals surface area contributed by atoms with E-state index in [1.54, 1.807) is 7.11 Å². The maximum Gasteiger partial charge on any atom is 0.184 e. The molecule has 32 heavy (non-hydrogen) atoms. The summed E-state index contributed by atoms with van der Waals surface area (Å²) in [5, 5.41) is 0. The summed E-state index contributed by atoms with van der Waals surface area (Å²) in [5.74, 6) is 2.12. The largest absolute Gasteiger partial charge is 0.497 e. The number of rotatable bonds is 3. The molecule has 1 saturated heterocycles. The van der Waals surface area contributed by atoms with Gasteiger partial charge >= 0.3 is 0 Å². The number of ether oxygens (including phenoxy) is 3. The molecule has 0 amide bonds. The molecule has 0 aromatic heterocycles. The number of ketones is 1. The van der Waals surface area contributed by atoms with Gasteiger partial charge in [0.1, 0.15) is 5.75 Å². The smallest absolute Gasteiger partial charge is 0.184 e. The minimum Gasteiger partial charge on any atom is -0.497 e. The van der Waals surface area contributed by atoms with Gasteiger partial charge in [0.05, 0.1) is 19.8 Å². The maximum atomic E-state index is 13.1. The second kappa shape index (κ2) is 7.85. The van der Waals surface area contributed by atoms with Crippen molar-refractivity contribution in [3.63, 3.8) is 0 Å². The zero-order valence-electron chi connectivity index (χ0n) is 20.1. The molecule has 4 heteroatoms. The van der Waals surface area contributed by atoms with E-state index in [-0.39, 0.29) is 23.2 Å². The number of carbonyl (C=O) groups is 1. The van der Waals surface area contributed by atoms with Crippen molar-refractivity contribution in [3.05, 3.63) is 52.6 Å². The van der Waals surface area contributed by atoms with E-state index in [1.807, 2.05) is 24.3 Å². The van der Waals surface area contributed by atoms with Gasteiger partial charge in [-0.05, 0) is 71.6 Å². The van der Waals surface area contributed by atoms with Crippen LogP contribution in [0.5, 0.6) is 5.75 Å². The molecule has 5 rings (SSSR count). The molecule has 0 unspecified atom stereocenters. The highest BCUT2D eigenvalue weighted by Crippen LogP contribution is 2.59. The van der Waals surface area contributed by atoms with Crippen molar-refractivity contribution in [2.24, 2.45) is 22.7 Å². The number of hydrogen-bond donors (Lipinski definition) is 0. The Bertz CT molecular complexity index is 972. The van der Waals surface area contributed by atoms with E-state index in [0.717, 1.165) is 42.6 Å². The van der Waals surface area contributed by atoms with E-state index < -0.39 is 0 Å². The van der Waals surface area contributed by atoms with Gasteiger partial charge in [-0.15, -0.1) is 0 Å². The van der Waals surface area contributed by atoms with Gasteiger partial charge in [0.25, 0.3) is 0 Å². The number of fused-ring (bicyclic) bond motifs is 3. The van der Waals surface area contributed by atoms with Crippen molar-refractivity contribution in [1.29, 1.82) is 0 Å². The van der Waals surface area contributed by atoms with Crippen LogP contribution in [0.1, 0.15) is 71.7 Å². The van der Waals surface area contributed by atoms with Crippen LogP contribution in [0.3, 0.4) is 0 Å². The molecule has 3 aliphatic carbocycles. The van der Waals surface area contributed by atoms with Gasteiger partial charge in [-0.3, -0.25) is 4.79 Å². The molecular formula is C28H36O4. The van der Waals surface area contributed by atoms with Crippen molar-refractivity contribution >= 4 is 5.78 Å². The molecule has 0 spiro atoms. The minimum atomic E-state index is -0.359. The molecule has 1 saturated carbocycles. The predicted octanol–water partition coefficient (Wildman–Crippen LogP) is 6.18. The third-order valence-corrected chi connectivity index (χ3v) is 8.84. The normalized spacial score (nSPS) is 36.9. The summed E-state index contributed by atoms with van der Waals surface area (Å²) >= 11 is 0. The van der Waals surface area contributed by atoms with Crippen LogP contribution in [0.15, 0.2) is 47.1 Å². The Morgan fingerprint density at radius 1 is 1.09 bits per heavy atom. The predicted molar refractivity (Wildman–Crippen MR) is 124 cm³/mol. The number of allylic oxidation sites excluding steroid dienone is 3. The molecule has 5 atom stereocenters. The Hall–Kier alpha value is -1.91. The Labute approximate surface area is 192 Å². The maximum absolute atomic E-state index is 13.1. The van der Waals surface area contributed by atoms with Gasteiger partial charge in [-0.25, -0.2) is 0 Å². The fraction of sp³-hybridized carbons (Fsp3) is 0.607. The van der Waals surface area contributed by atoms with E-state index in [1.165, 1.54) is 11.1 Å². The Morgan fingerprint density at radius 2 is 1.84 bits per heavy atom.